The second-order valence-corrected chi connectivity index (χ2v) is 6.46. The van der Waals surface area contributed by atoms with Crippen LogP contribution in [0.5, 0.6) is 0 Å². The molecule has 1 saturated heterocycles. The zero-order valence-electron chi connectivity index (χ0n) is 10.3. The molecule has 1 saturated carbocycles. The Labute approximate surface area is 111 Å². The lowest BCUT2D eigenvalue weighted by atomic mass is 10.1. The van der Waals surface area contributed by atoms with E-state index in [0.717, 1.165) is 32.5 Å². The van der Waals surface area contributed by atoms with Crippen LogP contribution >= 0.6 is 11.3 Å². The highest BCUT2D eigenvalue weighted by molar-refractivity contribution is 7.09. The van der Waals surface area contributed by atoms with Crippen LogP contribution in [0.15, 0.2) is 11.6 Å². The van der Waals surface area contributed by atoms with E-state index in [9.17, 15) is 4.79 Å². The maximum Gasteiger partial charge on any atom is 0.306 e. The van der Waals surface area contributed by atoms with Crippen molar-refractivity contribution in [2.75, 3.05) is 19.6 Å². The molecule has 1 unspecified atom stereocenters. The first kappa shape index (κ1) is 12.1. The van der Waals surface area contributed by atoms with E-state index in [-0.39, 0.29) is 5.92 Å². The predicted molar refractivity (Wildman–Crippen MR) is 69.6 cm³/mol. The molecule has 1 aliphatic carbocycles. The topological polar surface area (TPSA) is 53.4 Å². The van der Waals surface area contributed by atoms with Gasteiger partial charge in [0.25, 0.3) is 0 Å². The molecule has 4 nitrogen and oxygen atoms in total. The maximum absolute atomic E-state index is 10.8. The predicted octanol–water partition coefficient (Wildman–Crippen LogP) is 1.73. The molecule has 98 valence electrons. The Kier molecular flexibility index (Phi) is 3.35. The Morgan fingerprint density at radius 3 is 3.17 bits per heavy atom. The van der Waals surface area contributed by atoms with Gasteiger partial charge in [-0.15, -0.1) is 11.3 Å². The summed E-state index contributed by atoms with van der Waals surface area (Å²) in [6.45, 7) is 3.21. The summed E-state index contributed by atoms with van der Waals surface area (Å²) in [5.41, 5.74) is 0. The van der Waals surface area contributed by atoms with Crippen molar-refractivity contribution in [3.05, 3.63) is 16.6 Å². The van der Waals surface area contributed by atoms with Gasteiger partial charge in [0, 0.05) is 31.1 Å². The van der Waals surface area contributed by atoms with Crippen LogP contribution in [0.25, 0.3) is 0 Å². The quantitative estimate of drug-likeness (QED) is 0.882. The summed E-state index contributed by atoms with van der Waals surface area (Å²) in [4.78, 5) is 17.6. The van der Waals surface area contributed by atoms with E-state index < -0.39 is 5.97 Å². The van der Waals surface area contributed by atoms with Crippen LogP contribution < -0.4 is 0 Å². The lowest BCUT2D eigenvalue weighted by molar-refractivity contribution is -0.138. The van der Waals surface area contributed by atoms with E-state index in [1.165, 1.54) is 11.4 Å². The number of likely N-dealkylation sites (tertiary alicyclic amines) is 1. The summed E-state index contributed by atoms with van der Waals surface area (Å²) in [5, 5.41) is 12.2. The number of hydrogen-bond acceptors (Lipinski definition) is 4. The lowest BCUT2D eigenvalue weighted by Crippen LogP contribution is -2.24. The third-order valence-corrected chi connectivity index (χ3v) is 4.85. The van der Waals surface area contributed by atoms with Crippen molar-refractivity contribution in [3.8, 4) is 0 Å². The number of carboxylic acids is 1. The summed E-state index contributed by atoms with van der Waals surface area (Å²) in [7, 11) is 0. The second-order valence-electron chi connectivity index (χ2n) is 5.48. The van der Waals surface area contributed by atoms with Crippen molar-refractivity contribution in [1.29, 1.82) is 0 Å². The average molecular weight is 266 g/mol. The molecule has 0 spiro atoms. The number of nitrogens with zero attached hydrogens (tertiary/aromatic N) is 2. The van der Waals surface area contributed by atoms with Crippen molar-refractivity contribution < 1.29 is 9.90 Å². The largest absolute Gasteiger partial charge is 0.481 e. The molecule has 0 radical (unpaired) electrons. The van der Waals surface area contributed by atoms with Gasteiger partial charge in [-0.05, 0) is 31.2 Å². The number of carbonyl (C=O) groups is 1. The van der Waals surface area contributed by atoms with E-state index in [1.807, 2.05) is 11.6 Å². The molecule has 1 aromatic rings. The van der Waals surface area contributed by atoms with Gasteiger partial charge in [0.15, 0.2) is 0 Å². The van der Waals surface area contributed by atoms with Crippen molar-refractivity contribution >= 4 is 17.3 Å². The molecular formula is C13H18N2O2S. The van der Waals surface area contributed by atoms with Gasteiger partial charge >= 0.3 is 5.97 Å². The fourth-order valence-corrected chi connectivity index (χ4v) is 3.66. The molecule has 0 aromatic carbocycles. The standard InChI is InChI=1S/C13H18N2O2S/c16-13(17)11-6-10(11)8-15-3-1-9(7-15)5-12-14-2-4-18-12/h2,4,9-11H,1,3,5-8H2,(H,16,17)/t9?,10-,11+/m0/s1. The summed E-state index contributed by atoms with van der Waals surface area (Å²) in [5.74, 6) is 0.431. The van der Waals surface area contributed by atoms with Crippen molar-refractivity contribution in [1.82, 2.24) is 9.88 Å². The molecule has 0 amide bonds. The molecule has 2 aliphatic rings. The zero-order chi connectivity index (χ0) is 12.5. The molecule has 2 fully saturated rings. The third kappa shape index (κ3) is 2.72. The van der Waals surface area contributed by atoms with E-state index in [1.54, 1.807) is 11.3 Å². The zero-order valence-corrected chi connectivity index (χ0v) is 11.1. The van der Waals surface area contributed by atoms with Crippen LogP contribution in [0.3, 0.4) is 0 Å². The summed E-state index contributed by atoms with van der Waals surface area (Å²) in [6, 6.07) is 0. The van der Waals surface area contributed by atoms with Gasteiger partial charge in [-0.3, -0.25) is 4.79 Å². The van der Waals surface area contributed by atoms with Crippen molar-refractivity contribution in [2.24, 2.45) is 17.8 Å². The molecule has 1 aromatic heterocycles. The minimum absolute atomic E-state index is 0.0667. The Morgan fingerprint density at radius 2 is 2.50 bits per heavy atom. The Morgan fingerprint density at radius 1 is 1.61 bits per heavy atom. The Bertz CT molecular complexity index is 421. The number of aliphatic carboxylic acids is 1. The van der Waals surface area contributed by atoms with E-state index in [2.05, 4.69) is 9.88 Å². The monoisotopic (exact) mass is 266 g/mol. The molecule has 5 heteroatoms. The van der Waals surface area contributed by atoms with Gasteiger partial charge in [0.05, 0.1) is 10.9 Å². The van der Waals surface area contributed by atoms with Crippen LogP contribution in [-0.2, 0) is 11.2 Å². The lowest BCUT2D eigenvalue weighted by Gasteiger charge is -2.15. The number of hydrogen-bond donors (Lipinski definition) is 1. The number of aromatic nitrogens is 1. The molecule has 2 heterocycles. The highest BCUT2D eigenvalue weighted by atomic mass is 32.1. The van der Waals surface area contributed by atoms with E-state index in [0.29, 0.717) is 11.8 Å². The fraction of sp³-hybridized carbons (Fsp3) is 0.692. The van der Waals surface area contributed by atoms with Crippen LogP contribution in [0.4, 0.5) is 0 Å². The Hall–Kier alpha value is -0.940. The van der Waals surface area contributed by atoms with Crippen LogP contribution in [0, 0.1) is 17.8 Å². The summed E-state index contributed by atoms with van der Waals surface area (Å²) in [6.07, 6.45) is 5.06. The Balaban J connectivity index is 1.43. The normalized spacial score (nSPS) is 31.7. The van der Waals surface area contributed by atoms with Crippen LogP contribution in [-0.4, -0.2) is 40.6 Å². The molecule has 18 heavy (non-hydrogen) atoms. The number of carboxylic acid groups (broad SMARTS) is 1. The van der Waals surface area contributed by atoms with Gasteiger partial charge in [-0.1, -0.05) is 0 Å². The number of rotatable bonds is 5. The third-order valence-electron chi connectivity index (χ3n) is 4.05. The molecule has 3 rings (SSSR count). The fourth-order valence-electron chi connectivity index (χ4n) is 2.93. The van der Waals surface area contributed by atoms with Crippen molar-refractivity contribution in [3.63, 3.8) is 0 Å². The molecular weight excluding hydrogens is 248 g/mol. The van der Waals surface area contributed by atoms with Gasteiger partial charge in [0.2, 0.25) is 0 Å². The van der Waals surface area contributed by atoms with E-state index in [4.69, 9.17) is 5.11 Å². The second kappa shape index (κ2) is 4.97. The minimum atomic E-state index is -0.612. The average Bonchev–Trinajstić information content (AvgIpc) is 2.75. The maximum atomic E-state index is 10.8. The summed E-state index contributed by atoms with van der Waals surface area (Å²) < 4.78 is 0. The molecule has 0 bridgehead atoms. The molecule has 3 atom stereocenters. The first-order valence-electron chi connectivity index (χ1n) is 6.56. The smallest absolute Gasteiger partial charge is 0.306 e. The minimum Gasteiger partial charge on any atom is -0.481 e. The van der Waals surface area contributed by atoms with Crippen LogP contribution in [0.2, 0.25) is 0 Å². The number of thiazole rings is 1. The summed E-state index contributed by atoms with van der Waals surface area (Å²) >= 11 is 1.73. The highest BCUT2D eigenvalue weighted by Crippen LogP contribution is 2.40. The molecule has 1 aliphatic heterocycles. The van der Waals surface area contributed by atoms with Gasteiger partial charge < -0.3 is 10.0 Å². The van der Waals surface area contributed by atoms with Crippen molar-refractivity contribution in [2.45, 2.75) is 19.3 Å². The SMILES string of the molecule is O=C(O)[C@@H]1C[C@H]1CN1CCC(Cc2nccs2)C1. The van der Waals surface area contributed by atoms with Gasteiger partial charge in [-0.2, -0.15) is 0 Å². The van der Waals surface area contributed by atoms with E-state index >= 15 is 0 Å². The van der Waals surface area contributed by atoms with Gasteiger partial charge in [0.1, 0.15) is 0 Å². The van der Waals surface area contributed by atoms with Gasteiger partial charge in [-0.25, -0.2) is 4.98 Å². The molecule has 1 N–H and O–H groups in total. The first-order valence-corrected chi connectivity index (χ1v) is 7.44. The first-order chi connectivity index (χ1) is 8.72. The van der Waals surface area contributed by atoms with Crippen LogP contribution in [0.1, 0.15) is 17.8 Å². The highest BCUT2D eigenvalue weighted by Gasteiger charge is 2.44.